The Hall–Kier alpha value is -1.88. The molecule has 0 aliphatic heterocycles. The van der Waals surface area contributed by atoms with Crippen molar-refractivity contribution in [2.45, 2.75) is 25.7 Å². The van der Waals surface area contributed by atoms with Gasteiger partial charge < -0.3 is 5.73 Å². The van der Waals surface area contributed by atoms with E-state index in [0.29, 0.717) is 16.4 Å². The van der Waals surface area contributed by atoms with Crippen molar-refractivity contribution in [1.29, 1.82) is 0 Å². The average molecular weight is 273 g/mol. The van der Waals surface area contributed by atoms with Gasteiger partial charge >= 0.3 is 0 Å². The molecule has 1 aromatic heterocycles. The van der Waals surface area contributed by atoms with Gasteiger partial charge in [0.05, 0.1) is 5.69 Å². The van der Waals surface area contributed by atoms with Gasteiger partial charge in [-0.3, -0.25) is 10.1 Å². The van der Waals surface area contributed by atoms with E-state index < -0.39 is 0 Å². The fourth-order valence-corrected chi connectivity index (χ4v) is 3.30. The van der Waals surface area contributed by atoms with Crippen LogP contribution in [0.3, 0.4) is 0 Å². The lowest BCUT2D eigenvalue weighted by Crippen LogP contribution is -2.12. The number of anilines is 2. The van der Waals surface area contributed by atoms with Crippen molar-refractivity contribution in [3.05, 3.63) is 40.4 Å². The minimum Gasteiger partial charge on any atom is -0.399 e. The number of fused-ring (bicyclic) bond motifs is 1. The molecule has 0 atom stereocenters. The first kappa shape index (κ1) is 12.2. The van der Waals surface area contributed by atoms with Crippen LogP contribution in [0.15, 0.2) is 24.3 Å². The topological polar surface area (TPSA) is 68.0 Å². The smallest absolute Gasteiger partial charge is 0.257 e. The summed E-state index contributed by atoms with van der Waals surface area (Å²) in [6, 6.07) is 6.96. The highest BCUT2D eigenvalue weighted by Gasteiger charge is 2.16. The quantitative estimate of drug-likeness (QED) is 0.827. The molecule has 0 radical (unpaired) electrons. The SMILES string of the molecule is Nc1cccc(C(=O)Nc2nc3c(s2)CCCC3)c1. The number of nitrogens with one attached hydrogen (secondary N) is 1. The Morgan fingerprint density at radius 1 is 1.32 bits per heavy atom. The highest BCUT2D eigenvalue weighted by molar-refractivity contribution is 7.15. The largest absolute Gasteiger partial charge is 0.399 e. The van der Waals surface area contributed by atoms with Gasteiger partial charge in [-0.2, -0.15) is 0 Å². The van der Waals surface area contributed by atoms with Crippen LogP contribution < -0.4 is 11.1 Å². The third-order valence-electron chi connectivity index (χ3n) is 3.21. The molecule has 5 heteroatoms. The number of hydrogen-bond donors (Lipinski definition) is 2. The van der Waals surface area contributed by atoms with E-state index in [-0.39, 0.29) is 5.91 Å². The summed E-state index contributed by atoms with van der Waals surface area (Å²) >= 11 is 1.59. The van der Waals surface area contributed by atoms with Crippen LogP contribution >= 0.6 is 11.3 Å². The minimum atomic E-state index is -0.154. The third kappa shape index (κ3) is 2.61. The van der Waals surface area contributed by atoms with E-state index in [1.807, 2.05) is 0 Å². The van der Waals surface area contributed by atoms with Crippen LogP contribution in [0.1, 0.15) is 33.8 Å². The molecule has 0 bridgehead atoms. The van der Waals surface area contributed by atoms with Gasteiger partial charge in [-0.05, 0) is 43.9 Å². The molecule has 2 aromatic rings. The van der Waals surface area contributed by atoms with Gasteiger partial charge in [-0.25, -0.2) is 4.98 Å². The Labute approximate surface area is 115 Å². The second-order valence-corrected chi connectivity index (χ2v) is 5.76. The molecule has 0 saturated heterocycles. The number of carbonyl (C=O) groups is 1. The van der Waals surface area contributed by atoms with Crippen molar-refractivity contribution in [3.63, 3.8) is 0 Å². The number of amides is 1. The molecule has 4 nitrogen and oxygen atoms in total. The summed E-state index contributed by atoms with van der Waals surface area (Å²) in [5, 5.41) is 3.55. The van der Waals surface area contributed by atoms with Crippen molar-refractivity contribution < 1.29 is 4.79 Å². The van der Waals surface area contributed by atoms with E-state index in [4.69, 9.17) is 5.73 Å². The summed E-state index contributed by atoms with van der Waals surface area (Å²) < 4.78 is 0. The maximum absolute atomic E-state index is 12.1. The van der Waals surface area contributed by atoms with E-state index in [1.54, 1.807) is 35.6 Å². The van der Waals surface area contributed by atoms with Gasteiger partial charge in [0.15, 0.2) is 5.13 Å². The highest BCUT2D eigenvalue weighted by atomic mass is 32.1. The summed E-state index contributed by atoms with van der Waals surface area (Å²) in [4.78, 5) is 17.9. The third-order valence-corrected chi connectivity index (χ3v) is 4.29. The van der Waals surface area contributed by atoms with Crippen molar-refractivity contribution in [2.24, 2.45) is 0 Å². The Morgan fingerprint density at radius 2 is 2.16 bits per heavy atom. The summed E-state index contributed by atoms with van der Waals surface area (Å²) in [5.41, 5.74) is 7.98. The summed E-state index contributed by atoms with van der Waals surface area (Å²) in [7, 11) is 0. The van der Waals surface area contributed by atoms with Crippen molar-refractivity contribution >= 4 is 28.1 Å². The summed E-state index contributed by atoms with van der Waals surface area (Å²) in [5.74, 6) is -0.154. The van der Waals surface area contributed by atoms with Gasteiger partial charge in [0, 0.05) is 16.1 Å². The highest BCUT2D eigenvalue weighted by Crippen LogP contribution is 2.29. The summed E-state index contributed by atoms with van der Waals surface area (Å²) in [6.07, 6.45) is 4.53. The molecule has 1 aliphatic carbocycles. The molecule has 0 fully saturated rings. The van der Waals surface area contributed by atoms with E-state index in [0.717, 1.165) is 18.5 Å². The number of carbonyl (C=O) groups excluding carboxylic acids is 1. The van der Waals surface area contributed by atoms with Gasteiger partial charge in [0.1, 0.15) is 0 Å². The molecule has 1 aliphatic rings. The first-order valence-electron chi connectivity index (χ1n) is 6.38. The second kappa shape index (κ2) is 5.01. The fraction of sp³-hybridized carbons (Fsp3) is 0.286. The predicted octanol–water partition coefficient (Wildman–Crippen LogP) is 2.86. The number of nitrogens with two attached hydrogens (primary N) is 1. The summed E-state index contributed by atoms with van der Waals surface area (Å²) in [6.45, 7) is 0. The molecule has 98 valence electrons. The lowest BCUT2D eigenvalue weighted by atomic mass is 10.0. The van der Waals surface area contributed by atoms with Crippen LogP contribution in [-0.4, -0.2) is 10.9 Å². The van der Waals surface area contributed by atoms with Crippen molar-refractivity contribution in [2.75, 3.05) is 11.1 Å². The fourth-order valence-electron chi connectivity index (χ4n) is 2.25. The van der Waals surface area contributed by atoms with E-state index in [9.17, 15) is 4.79 Å². The predicted molar refractivity (Wildman–Crippen MR) is 77.6 cm³/mol. The maximum Gasteiger partial charge on any atom is 0.257 e. The Bertz CT molecular complexity index is 597. The minimum absolute atomic E-state index is 0.154. The first-order valence-corrected chi connectivity index (χ1v) is 7.19. The van der Waals surface area contributed by atoms with Crippen LogP contribution in [0.4, 0.5) is 10.8 Å². The average Bonchev–Trinajstić information content (AvgIpc) is 2.80. The normalized spacial score (nSPS) is 13.9. The Kier molecular flexibility index (Phi) is 3.21. The molecule has 0 spiro atoms. The zero-order valence-electron chi connectivity index (χ0n) is 10.5. The van der Waals surface area contributed by atoms with E-state index in [2.05, 4.69) is 10.3 Å². The molecule has 3 N–H and O–H groups in total. The van der Waals surface area contributed by atoms with E-state index in [1.165, 1.54) is 17.7 Å². The number of rotatable bonds is 2. The Morgan fingerprint density at radius 3 is 2.95 bits per heavy atom. The Balaban J connectivity index is 1.77. The van der Waals surface area contributed by atoms with E-state index >= 15 is 0 Å². The molecule has 0 saturated carbocycles. The number of aryl methyl sites for hydroxylation is 2. The number of nitrogen functional groups attached to an aromatic ring is 1. The van der Waals surface area contributed by atoms with Gasteiger partial charge in [-0.15, -0.1) is 11.3 Å². The monoisotopic (exact) mass is 273 g/mol. The number of thiazole rings is 1. The zero-order chi connectivity index (χ0) is 13.2. The van der Waals surface area contributed by atoms with Crippen LogP contribution in [0.5, 0.6) is 0 Å². The lowest BCUT2D eigenvalue weighted by Gasteiger charge is -2.06. The van der Waals surface area contributed by atoms with Crippen LogP contribution in [0, 0.1) is 0 Å². The van der Waals surface area contributed by atoms with Crippen LogP contribution in [0.2, 0.25) is 0 Å². The van der Waals surface area contributed by atoms with Crippen LogP contribution in [-0.2, 0) is 12.8 Å². The number of aromatic nitrogens is 1. The number of benzene rings is 1. The standard InChI is InChI=1S/C14H15N3OS/c15-10-5-3-4-9(8-10)13(18)17-14-16-11-6-1-2-7-12(11)19-14/h3-5,8H,1-2,6-7,15H2,(H,16,17,18). The molecule has 19 heavy (non-hydrogen) atoms. The van der Waals surface area contributed by atoms with Gasteiger partial charge in [0.2, 0.25) is 0 Å². The molecular weight excluding hydrogens is 258 g/mol. The zero-order valence-corrected chi connectivity index (χ0v) is 11.3. The number of nitrogens with zero attached hydrogens (tertiary/aromatic N) is 1. The molecule has 0 unspecified atom stereocenters. The lowest BCUT2D eigenvalue weighted by molar-refractivity contribution is 0.102. The first-order chi connectivity index (χ1) is 9.22. The van der Waals surface area contributed by atoms with Crippen molar-refractivity contribution in [1.82, 2.24) is 4.98 Å². The number of hydrogen-bond acceptors (Lipinski definition) is 4. The second-order valence-electron chi connectivity index (χ2n) is 4.68. The molecular formula is C14H15N3OS. The molecule has 1 heterocycles. The molecule has 1 aromatic carbocycles. The molecule has 3 rings (SSSR count). The maximum atomic E-state index is 12.1. The van der Waals surface area contributed by atoms with Crippen molar-refractivity contribution in [3.8, 4) is 0 Å². The molecule has 1 amide bonds. The van der Waals surface area contributed by atoms with Gasteiger partial charge in [0.25, 0.3) is 5.91 Å². The van der Waals surface area contributed by atoms with Gasteiger partial charge in [-0.1, -0.05) is 6.07 Å². The van der Waals surface area contributed by atoms with Crippen LogP contribution in [0.25, 0.3) is 0 Å².